The zero-order valence-corrected chi connectivity index (χ0v) is 12.1. The van der Waals surface area contributed by atoms with Crippen LogP contribution in [0.15, 0.2) is 18.3 Å². The number of hydrogen-bond acceptors (Lipinski definition) is 2. The molecule has 0 radical (unpaired) electrons. The van der Waals surface area contributed by atoms with Gasteiger partial charge in [0.1, 0.15) is 5.69 Å². The Hall–Kier alpha value is -1.78. The molecule has 0 saturated carbocycles. The van der Waals surface area contributed by atoms with Gasteiger partial charge in [-0.25, -0.2) is 0 Å². The van der Waals surface area contributed by atoms with Gasteiger partial charge in [0.2, 0.25) is 5.91 Å². The highest BCUT2D eigenvalue weighted by Crippen LogP contribution is 2.09. The van der Waals surface area contributed by atoms with Crippen molar-refractivity contribution in [3.63, 3.8) is 0 Å². The summed E-state index contributed by atoms with van der Waals surface area (Å²) < 4.78 is 1.83. The molecule has 2 rings (SSSR count). The van der Waals surface area contributed by atoms with Gasteiger partial charge in [-0.1, -0.05) is 12.8 Å². The van der Waals surface area contributed by atoms with Gasteiger partial charge in [0.05, 0.1) is 0 Å². The second-order valence-electron chi connectivity index (χ2n) is 5.31. The van der Waals surface area contributed by atoms with Crippen LogP contribution in [0.1, 0.15) is 42.6 Å². The average Bonchev–Trinajstić information content (AvgIpc) is 2.83. The number of aryl methyl sites for hydroxylation is 1. The van der Waals surface area contributed by atoms with Gasteiger partial charge in [0.25, 0.3) is 5.91 Å². The lowest BCUT2D eigenvalue weighted by Gasteiger charge is -2.22. The minimum Gasteiger partial charge on any atom is -0.356 e. The fourth-order valence-electron chi connectivity index (χ4n) is 2.49. The molecule has 5 heteroatoms. The lowest BCUT2D eigenvalue weighted by Crippen LogP contribution is -2.36. The Morgan fingerprint density at radius 2 is 2.00 bits per heavy atom. The first-order chi connectivity index (χ1) is 9.68. The van der Waals surface area contributed by atoms with Crippen LogP contribution in [0.3, 0.4) is 0 Å². The van der Waals surface area contributed by atoms with Crippen LogP contribution in [0, 0.1) is 0 Å². The maximum Gasteiger partial charge on any atom is 0.270 e. The van der Waals surface area contributed by atoms with E-state index in [9.17, 15) is 9.59 Å². The maximum absolute atomic E-state index is 12.5. The molecule has 1 aromatic rings. The van der Waals surface area contributed by atoms with Crippen LogP contribution in [0.25, 0.3) is 0 Å². The third kappa shape index (κ3) is 3.85. The molecule has 110 valence electrons. The molecule has 1 saturated heterocycles. The molecule has 2 heterocycles. The first-order valence-electron chi connectivity index (χ1n) is 7.36. The van der Waals surface area contributed by atoms with Crippen LogP contribution >= 0.6 is 0 Å². The molecule has 0 unspecified atom stereocenters. The highest BCUT2D eigenvalue weighted by molar-refractivity contribution is 5.93. The van der Waals surface area contributed by atoms with Crippen molar-refractivity contribution in [2.24, 2.45) is 7.05 Å². The number of hydrogen-bond donors (Lipinski definition) is 1. The molecule has 0 bridgehead atoms. The van der Waals surface area contributed by atoms with Crippen LogP contribution < -0.4 is 5.32 Å². The zero-order chi connectivity index (χ0) is 14.4. The average molecular weight is 277 g/mol. The van der Waals surface area contributed by atoms with Gasteiger partial charge in [-0.2, -0.15) is 0 Å². The first kappa shape index (κ1) is 14.6. The number of rotatable bonds is 1. The standard InChI is InChI=1S/C15H23N3O2/c1-17-10-6-7-13(17)15(20)18-11-5-3-2-4-9-16-14(19)8-12-18/h6-7,10H,2-5,8-9,11-12H2,1H3,(H,16,19). The molecular weight excluding hydrogens is 254 g/mol. The third-order valence-electron chi connectivity index (χ3n) is 3.74. The minimum atomic E-state index is 0.0181. The molecule has 0 atom stereocenters. The van der Waals surface area contributed by atoms with E-state index in [4.69, 9.17) is 0 Å². The Kier molecular flexibility index (Phi) is 5.21. The summed E-state index contributed by atoms with van der Waals surface area (Å²) in [6.07, 6.45) is 6.49. The van der Waals surface area contributed by atoms with E-state index in [1.54, 1.807) is 4.90 Å². The van der Waals surface area contributed by atoms with Crippen molar-refractivity contribution in [1.82, 2.24) is 14.8 Å². The lowest BCUT2D eigenvalue weighted by atomic mass is 10.2. The Bertz CT molecular complexity index is 467. The summed E-state index contributed by atoms with van der Waals surface area (Å²) in [6.45, 7) is 1.98. The largest absolute Gasteiger partial charge is 0.356 e. The van der Waals surface area contributed by atoms with E-state index in [-0.39, 0.29) is 11.8 Å². The molecular formula is C15H23N3O2. The number of carbonyl (C=O) groups excluding carboxylic acids is 2. The Balaban J connectivity index is 2.04. The molecule has 20 heavy (non-hydrogen) atoms. The zero-order valence-electron chi connectivity index (χ0n) is 12.1. The summed E-state index contributed by atoms with van der Waals surface area (Å²) in [7, 11) is 1.87. The topological polar surface area (TPSA) is 54.3 Å². The molecule has 5 nitrogen and oxygen atoms in total. The Morgan fingerprint density at radius 3 is 2.75 bits per heavy atom. The minimum absolute atomic E-state index is 0.0181. The molecule has 1 N–H and O–H groups in total. The van der Waals surface area contributed by atoms with Crippen molar-refractivity contribution in [3.8, 4) is 0 Å². The summed E-state index contributed by atoms with van der Waals surface area (Å²) in [5.41, 5.74) is 0.681. The summed E-state index contributed by atoms with van der Waals surface area (Å²) in [6, 6.07) is 3.69. The van der Waals surface area contributed by atoms with Crippen LogP contribution in [-0.2, 0) is 11.8 Å². The van der Waals surface area contributed by atoms with Crippen molar-refractivity contribution in [3.05, 3.63) is 24.0 Å². The Labute approximate surface area is 119 Å². The van der Waals surface area contributed by atoms with Crippen LogP contribution in [0.5, 0.6) is 0 Å². The van der Waals surface area contributed by atoms with E-state index in [1.165, 1.54) is 0 Å². The monoisotopic (exact) mass is 277 g/mol. The van der Waals surface area contributed by atoms with Crippen molar-refractivity contribution in [2.45, 2.75) is 32.1 Å². The van der Waals surface area contributed by atoms with Crippen molar-refractivity contribution in [2.75, 3.05) is 19.6 Å². The van der Waals surface area contributed by atoms with E-state index in [0.717, 1.165) is 38.8 Å². The normalized spacial score (nSPS) is 18.2. The summed E-state index contributed by atoms with van der Waals surface area (Å²) in [5.74, 6) is 0.0566. The van der Waals surface area contributed by atoms with Gasteiger partial charge in [0.15, 0.2) is 0 Å². The molecule has 1 aliphatic heterocycles. The van der Waals surface area contributed by atoms with Gasteiger partial charge < -0.3 is 14.8 Å². The van der Waals surface area contributed by atoms with Crippen LogP contribution in [0.2, 0.25) is 0 Å². The van der Waals surface area contributed by atoms with E-state index < -0.39 is 0 Å². The smallest absolute Gasteiger partial charge is 0.270 e. The highest BCUT2D eigenvalue weighted by atomic mass is 16.2. The van der Waals surface area contributed by atoms with E-state index in [2.05, 4.69) is 5.32 Å². The van der Waals surface area contributed by atoms with Crippen LogP contribution in [-0.4, -0.2) is 40.9 Å². The highest BCUT2D eigenvalue weighted by Gasteiger charge is 2.19. The SMILES string of the molecule is Cn1cccc1C(=O)N1CCCCCCNC(=O)CC1. The molecule has 0 aromatic carbocycles. The predicted molar refractivity (Wildman–Crippen MR) is 77.4 cm³/mol. The van der Waals surface area contributed by atoms with Crippen molar-refractivity contribution < 1.29 is 9.59 Å². The molecule has 1 aromatic heterocycles. The fraction of sp³-hybridized carbons (Fsp3) is 0.600. The van der Waals surface area contributed by atoms with Gasteiger partial charge in [-0.3, -0.25) is 9.59 Å². The quantitative estimate of drug-likeness (QED) is 0.846. The number of aromatic nitrogens is 1. The summed E-state index contributed by atoms with van der Waals surface area (Å²) in [5, 5.41) is 2.90. The maximum atomic E-state index is 12.5. The lowest BCUT2D eigenvalue weighted by molar-refractivity contribution is -0.121. The number of nitrogens with zero attached hydrogens (tertiary/aromatic N) is 2. The number of nitrogens with one attached hydrogen (secondary N) is 1. The van der Waals surface area contributed by atoms with Crippen LogP contribution in [0.4, 0.5) is 0 Å². The third-order valence-corrected chi connectivity index (χ3v) is 3.74. The van der Waals surface area contributed by atoms with E-state index in [1.807, 2.05) is 29.9 Å². The van der Waals surface area contributed by atoms with Gasteiger partial charge in [-0.05, 0) is 25.0 Å². The van der Waals surface area contributed by atoms with E-state index in [0.29, 0.717) is 18.7 Å². The number of amides is 2. The van der Waals surface area contributed by atoms with Gasteiger partial charge in [0, 0.05) is 39.3 Å². The summed E-state index contributed by atoms with van der Waals surface area (Å²) in [4.78, 5) is 26.0. The van der Waals surface area contributed by atoms with Crippen molar-refractivity contribution in [1.29, 1.82) is 0 Å². The number of carbonyl (C=O) groups is 2. The first-order valence-corrected chi connectivity index (χ1v) is 7.36. The summed E-state index contributed by atoms with van der Waals surface area (Å²) >= 11 is 0. The molecule has 1 fully saturated rings. The second kappa shape index (κ2) is 7.12. The molecule has 1 aliphatic rings. The van der Waals surface area contributed by atoms with Gasteiger partial charge in [-0.15, -0.1) is 0 Å². The second-order valence-corrected chi connectivity index (χ2v) is 5.31. The predicted octanol–water partition coefficient (Wildman–Crippen LogP) is 1.55. The van der Waals surface area contributed by atoms with E-state index >= 15 is 0 Å². The van der Waals surface area contributed by atoms with Crippen molar-refractivity contribution >= 4 is 11.8 Å². The fourth-order valence-corrected chi connectivity index (χ4v) is 2.49. The Morgan fingerprint density at radius 1 is 1.20 bits per heavy atom. The molecule has 0 aliphatic carbocycles. The molecule has 2 amide bonds. The molecule has 0 spiro atoms. The van der Waals surface area contributed by atoms with Gasteiger partial charge >= 0.3 is 0 Å².